The van der Waals surface area contributed by atoms with Crippen molar-refractivity contribution in [1.29, 1.82) is 0 Å². The van der Waals surface area contributed by atoms with Gasteiger partial charge in [-0.15, -0.1) is 10.2 Å². The molecule has 2 aromatic carbocycles. The van der Waals surface area contributed by atoms with E-state index in [-0.39, 0.29) is 11.9 Å². The molecule has 0 saturated carbocycles. The molecule has 1 aromatic heterocycles. The number of likely N-dealkylation sites (N-methyl/N-ethyl adjacent to an activating group) is 1. The van der Waals surface area contributed by atoms with E-state index in [2.05, 4.69) is 40.3 Å². The molecule has 1 unspecified atom stereocenters. The number of amides is 1. The summed E-state index contributed by atoms with van der Waals surface area (Å²) < 4.78 is 11.1. The first-order valence-corrected chi connectivity index (χ1v) is 11.1. The molecule has 7 heteroatoms. The summed E-state index contributed by atoms with van der Waals surface area (Å²) in [6.45, 7) is 8.57. The second kappa shape index (κ2) is 11.4. The lowest BCUT2D eigenvalue weighted by atomic mass is 10.0. The van der Waals surface area contributed by atoms with Crippen LogP contribution in [0.3, 0.4) is 0 Å². The van der Waals surface area contributed by atoms with Crippen LogP contribution in [0.1, 0.15) is 43.3 Å². The van der Waals surface area contributed by atoms with E-state index in [1.165, 1.54) is 5.56 Å². The van der Waals surface area contributed by atoms with Crippen LogP contribution in [0.15, 0.2) is 52.9 Å². The van der Waals surface area contributed by atoms with Crippen LogP contribution in [-0.2, 0) is 11.2 Å². The molecule has 0 fully saturated rings. The zero-order chi connectivity index (χ0) is 22.9. The standard InChI is InChI=1S/C25H32N4O3/c1-5-29(6-2)22(20-8-7-9-21(16-20)31-4)17-26-23(30)14-15-24-27-28-25(32-24)19-12-10-18(3)11-13-19/h7-13,16,22H,5-6,14-15,17H2,1-4H3,(H,26,30). The molecule has 170 valence electrons. The van der Waals surface area contributed by atoms with Crippen molar-refractivity contribution in [1.82, 2.24) is 20.4 Å². The highest BCUT2D eigenvalue weighted by atomic mass is 16.5. The number of carbonyl (C=O) groups is 1. The van der Waals surface area contributed by atoms with Gasteiger partial charge in [0.15, 0.2) is 0 Å². The van der Waals surface area contributed by atoms with Crippen LogP contribution in [-0.4, -0.2) is 47.7 Å². The minimum absolute atomic E-state index is 0.0415. The topological polar surface area (TPSA) is 80.5 Å². The normalized spacial score (nSPS) is 12.0. The Bertz CT molecular complexity index is 996. The Labute approximate surface area is 189 Å². The first kappa shape index (κ1) is 23.5. The summed E-state index contributed by atoms with van der Waals surface area (Å²) >= 11 is 0. The Morgan fingerprint density at radius 1 is 1.12 bits per heavy atom. The van der Waals surface area contributed by atoms with Gasteiger partial charge in [-0.1, -0.05) is 43.7 Å². The van der Waals surface area contributed by atoms with Crippen molar-refractivity contribution in [2.24, 2.45) is 0 Å². The second-order valence-electron chi connectivity index (χ2n) is 7.68. The van der Waals surface area contributed by atoms with E-state index >= 15 is 0 Å². The number of hydrogen-bond donors (Lipinski definition) is 1. The summed E-state index contributed by atoms with van der Waals surface area (Å²) in [4.78, 5) is 14.9. The summed E-state index contributed by atoms with van der Waals surface area (Å²) in [5.74, 6) is 1.70. The van der Waals surface area contributed by atoms with Crippen LogP contribution in [0.5, 0.6) is 5.75 Å². The van der Waals surface area contributed by atoms with Gasteiger partial charge in [-0.05, 0) is 49.8 Å². The van der Waals surface area contributed by atoms with Gasteiger partial charge in [-0.2, -0.15) is 0 Å². The Kier molecular flexibility index (Phi) is 8.39. The van der Waals surface area contributed by atoms with Crippen molar-refractivity contribution in [3.05, 3.63) is 65.5 Å². The highest BCUT2D eigenvalue weighted by Crippen LogP contribution is 2.24. The lowest BCUT2D eigenvalue weighted by molar-refractivity contribution is -0.121. The van der Waals surface area contributed by atoms with E-state index < -0.39 is 0 Å². The van der Waals surface area contributed by atoms with Crippen molar-refractivity contribution < 1.29 is 13.9 Å². The predicted molar refractivity (Wildman–Crippen MR) is 124 cm³/mol. The molecule has 32 heavy (non-hydrogen) atoms. The van der Waals surface area contributed by atoms with Crippen molar-refractivity contribution in [2.75, 3.05) is 26.7 Å². The summed E-state index contributed by atoms with van der Waals surface area (Å²) in [5, 5.41) is 11.3. The fraction of sp³-hybridized carbons (Fsp3) is 0.400. The minimum Gasteiger partial charge on any atom is -0.497 e. The monoisotopic (exact) mass is 436 g/mol. The van der Waals surface area contributed by atoms with Gasteiger partial charge in [0.25, 0.3) is 0 Å². The molecule has 1 atom stereocenters. The van der Waals surface area contributed by atoms with E-state index in [1.54, 1.807) is 7.11 Å². The molecule has 1 heterocycles. The SMILES string of the molecule is CCN(CC)C(CNC(=O)CCc1nnc(-c2ccc(C)cc2)o1)c1cccc(OC)c1. The van der Waals surface area contributed by atoms with Gasteiger partial charge in [0.05, 0.1) is 13.2 Å². The highest BCUT2D eigenvalue weighted by Gasteiger charge is 2.20. The molecular formula is C25H32N4O3. The first-order chi connectivity index (χ1) is 15.5. The Balaban J connectivity index is 1.57. The maximum Gasteiger partial charge on any atom is 0.247 e. The number of rotatable bonds is 11. The summed E-state index contributed by atoms with van der Waals surface area (Å²) in [7, 11) is 1.66. The van der Waals surface area contributed by atoms with Crippen LogP contribution in [0, 0.1) is 6.92 Å². The van der Waals surface area contributed by atoms with Gasteiger partial charge in [-0.3, -0.25) is 9.69 Å². The number of ether oxygens (including phenoxy) is 1. The average Bonchev–Trinajstić information content (AvgIpc) is 3.30. The zero-order valence-corrected chi connectivity index (χ0v) is 19.3. The van der Waals surface area contributed by atoms with Crippen LogP contribution in [0.2, 0.25) is 0 Å². The van der Waals surface area contributed by atoms with E-state index in [0.29, 0.717) is 31.2 Å². The van der Waals surface area contributed by atoms with Crippen molar-refractivity contribution in [2.45, 2.75) is 39.7 Å². The number of hydrogen-bond acceptors (Lipinski definition) is 6. The molecule has 3 rings (SSSR count). The molecule has 1 N–H and O–H groups in total. The van der Waals surface area contributed by atoms with Gasteiger partial charge in [0, 0.05) is 24.9 Å². The Morgan fingerprint density at radius 3 is 2.56 bits per heavy atom. The van der Waals surface area contributed by atoms with Crippen molar-refractivity contribution in [3.8, 4) is 17.2 Å². The summed E-state index contributed by atoms with van der Waals surface area (Å²) in [6.07, 6.45) is 0.693. The van der Waals surface area contributed by atoms with E-state index in [0.717, 1.165) is 30.0 Å². The molecule has 0 aliphatic rings. The lowest BCUT2D eigenvalue weighted by Gasteiger charge is -2.30. The number of aromatic nitrogens is 2. The number of nitrogens with one attached hydrogen (secondary N) is 1. The summed E-state index contributed by atoms with van der Waals surface area (Å²) in [5.41, 5.74) is 3.16. The van der Waals surface area contributed by atoms with E-state index in [1.807, 2.05) is 49.4 Å². The van der Waals surface area contributed by atoms with Crippen molar-refractivity contribution in [3.63, 3.8) is 0 Å². The molecule has 0 spiro atoms. The Hall–Kier alpha value is -3.19. The first-order valence-electron chi connectivity index (χ1n) is 11.1. The largest absolute Gasteiger partial charge is 0.497 e. The van der Waals surface area contributed by atoms with Gasteiger partial charge in [0.2, 0.25) is 17.7 Å². The van der Waals surface area contributed by atoms with Gasteiger partial charge in [-0.25, -0.2) is 0 Å². The zero-order valence-electron chi connectivity index (χ0n) is 19.3. The van der Waals surface area contributed by atoms with Crippen molar-refractivity contribution >= 4 is 5.91 Å². The molecule has 0 saturated heterocycles. The van der Waals surface area contributed by atoms with Gasteiger partial charge >= 0.3 is 0 Å². The quantitative estimate of drug-likeness (QED) is 0.486. The van der Waals surface area contributed by atoms with E-state index in [9.17, 15) is 4.79 Å². The fourth-order valence-corrected chi connectivity index (χ4v) is 3.66. The predicted octanol–water partition coefficient (Wildman–Crippen LogP) is 4.19. The molecule has 1 amide bonds. The number of nitrogens with zero attached hydrogens (tertiary/aromatic N) is 3. The average molecular weight is 437 g/mol. The third kappa shape index (κ3) is 6.17. The molecule has 0 radical (unpaired) electrons. The Morgan fingerprint density at radius 2 is 1.88 bits per heavy atom. The van der Waals surface area contributed by atoms with Crippen LogP contribution in [0.25, 0.3) is 11.5 Å². The number of carbonyl (C=O) groups excluding carboxylic acids is 1. The third-order valence-electron chi connectivity index (χ3n) is 5.56. The van der Waals surface area contributed by atoms with Gasteiger partial charge in [0.1, 0.15) is 5.75 Å². The third-order valence-corrected chi connectivity index (χ3v) is 5.56. The van der Waals surface area contributed by atoms with Crippen LogP contribution in [0.4, 0.5) is 0 Å². The maximum atomic E-state index is 12.5. The smallest absolute Gasteiger partial charge is 0.247 e. The molecular weight excluding hydrogens is 404 g/mol. The molecule has 7 nitrogen and oxygen atoms in total. The molecule has 3 aromatic rings. The maximum absolute atomic E-state index is 12.5. The molecule has 0 aliphatic heterocycles. The second-order valence-corrected chi connectivity index (χ2v) is 7.68. The highest BCUT2D eigenvalue weighted by molar-refractivity contribution is 5.76. The number of benzene rings is 2. The fourth-order valence-electron chi connectivity index (χ4n) is 3.66. The molecule has 0 bridgehead atoms. The van der Waals surface area contributed by atoms with Crippen LogP contribution < -0.4 is 10.1 Å². The van der Waals surface area contributed by atoms with Crippen LogP contribution >= 0.6 is 0 Å². The minimum atomic E-state index is -0.0415. The van der Waals surface area contributed by atoms with Gasteiger partial charge < -0.3 is 14.5 Å². The number of aryl methyl sites for hydroxylation is 2. The number of methoxy groups -OCH3 is 1. The van der Waals surface area contributed by atoms with E-state index in [4.69, 9.17) is 9.15 Å². The lowest BCUT2D eigenvalue weighted by Crippen LogP contribution is -2.38. The summed E-state index contributed by atoms with van der Waals surface area (Å²) in [6, 6.07) is 16.0. The molecule has 0 aliphatic carbocycles.